The third-order valence-corrected chi connectivity index (χ3v) is 5.53. The zero-order chi connectivity index (χ0) is 17.9. The molecular weight excluding hydrogens is 332 g/mol. The number of hydrogen-bond donors (Lipinski definition) is 0. The van der Waals surface area contributed by atoms with Crippen molar-refractivity contribution in [1.82, 2.24) is 4.31 Å². The van der Waals surface area contributed by atoms with Gasteiger partial charge in [0.25, 0.3) is 5.69 Å². The molecule has 0 bridgehead atoms. The molecule has 0 aliphatic rings. The Morgan fingerprint density at radius 1 is 1.21 bits per heavy atom. The topological polar surface area (TPSA) is 89.7 Å². The van der Waals surface area contributed by atoms with Gasteiger partial charge >= 0.3 is 0 Å². The molecule has 0 saturated carbocycles. The van der Waals surface area contributed by atoms with Crippen molar-refractivity contribution in [2.75, 3.05) is 14.2 Å². The van der Waals surface area contributed by atoms with Gasteiger partial charge in [0.1, 0.15) is 10.6 Å². The number of rotatable bonds is 6. The number of sulfonamides is 1. The summed E-state index contributed by atoms with van der Waals surface area (Å²) in [4.78, 5) is 10.1. The van der Waals surface area contributed by atoms with Crippen LogP contribution in [0.5, 0.6) is 5.75 Å². The van der Waals surface area contributed by atoms with Crippen LogP contribution in [0.25, 0.3) is 0 Å². The SMILES string of the molecule is COc1ccc([N+](=O)[O-])cc1S(=O)(=O)N(C)Cc1ccccc1C. The summed E-state index contributed by atoms with van der Waals surface area (Å²) in [6.45, 7) is 2.05. The zero-order valence-electron chi connectivity index (χ0n) is 13.6. The second kappa shape index (κ2) is 6.98. The van der Waals surface area contributed by atoms with Crippen molar-refractivity contribution in [3.63, 3.8) is 0 Å². The Morgan fingerprint density at radius 3 is 2.46 bits per heavy atom. The maximum absolute atomic E-state index is 12.8. The van der Waals surface area contributed by atoms with Crippen molar-refractivity contribution in [3.8, 4) is 5.75 Å². The molecule has 7 nitrogen and oxygen atoms in total. The second-order valence-electron chi connectivity index (χ2n) is 5.28. The normalized spacial score (nSPS) is 11.5. The highest BCUT2D eigenvalue weighted by Crippen LogP contribution is 2.30. The fourth-order valence-corrected chi connectivity index (χ4v) is 3.58. The monoisotopic (exact) mass is 350 g/mol. The molecular formula is C16H18N2O5S. The van der Waals surface area contributed by atoms with Crippen molar-refractivity contribution in [3.05, 3.63) is 63.7 Å². The summed E-state index contributed by atoms with van der Waals surface area (Å²) >= 11 is 0. The van der Waals surface area contributed by atoms with Crippen molar-refractivity contribution >= 4 is 15.7 Å². The summed E-state index contributed by atoms with van der Waals surface area (Å²) in [5.41, 5.74) is 1.51. The molecule has 0 radical (unpaired) electrons. The van der Waals surface area contributed by atoms with Gasteiger partial charge < -0.3 is 4.74 Å². The highest BCUT2D eigenvalue weighted by atomic mass is 32.2. The van der Waals surface area contributed by atoms with Gasteiger partial charge in [0, 0.05) is 25.7 Å². The number of non-ortho nitro benzene ring substituents is 1. The lowest BCUT2D eigenvalue weighted by molar-refractivity contribution is -0.385. The minimum atomic E-state index is -3.95. The lowest BCUT2D eigenvalue weighted by Gasteiger charge is -2.19. The minimum absolute atomic E-state index is 0.0669. The van der Waals surface area contributed by atoms with E-state index in [2.05, 4.69) is 0 Å². The number of ether oxygens (including phenoxy) is 1. The molecule has 0 spiro atoms. The molecule has 8 heteroatoms. The third-order valence-electron chi connectivity index (χ3n) is 3.70. The predicted octanol–water partition coefficient (Wildman–Crippen LogP) is 2.73. The first-order chi connectivity index (χ1) is 11.3. The van der Waals surface area contributed by atoms with E-state index in [1.807, 2.05) is 31.2 Å². The van der Waals surface area contributed by atoms with Gasteiger partial charge in [-0.1, -0.05) is 24.3 Å². The number of aryl methyl sites for hydroxylation is 1. The van der Waals surface area contributed by atoms with E-state index in [0.29, 0.717) is 0 Å². The molecule has 128 valence electrons. The van der Waals surface area contributed by atoms with Crippen molar-refractivity contribution < 1.29 is 18.1 Å². The zero-order valence-corrected chi connectivity index (χ0v) is 14.4. The molecule has 24 heavy (non-hydrogen) atoms. The van der Waals surface area contributed by atoms with Crippen LogP contribution in [0.1, 0.15) is 11.1 Å². The lowest BCUT2D eigenvalue weighted by atomic mass is 10.1. The van der Waals surface area contributed by atoms with Crippen LogP contribution in [-0.4, -0.2) is 31.8 Å². The summed E-state index contributed by atoms with van der Waals surface area (Å²) < 4.78 is 31.9. The van der Waals surface area contributed by atoms with Crippen LogP contribution in [0.2, 0.25) is 0 Å². The molecule has 0 aliphatic carbocycles. The average molecular weight is 350 g/mol. The summed E-state index contributed by atoms with van der Waals surface area (Å²) in [5, 5.41) is 10.9. The molecule has 0 atom stereocenters. The number of benzene rings is 2. The van der Waals surface area contributed by atoms with Crippen LogP contribution < -0.4 is 4.74 Å². The molecule has 2 aromatic carbocycles. The Balaban J connectivity index is 2.44. The second-order valence-corrected chi connectivity index (χ2v) is 7.29. The van der Waals surface area contributed by atoms with Crippen LogP contribution in [0.3, 0.4) is 0 Å². The van der Waals surface area contributed by atoms with Gasteiger partial charge in [0.2, 0.25) is 10.0 Å². The van der Waals surface area contributed by atoms with E-state index in [-0.39, 0.29) is 22.9 Å². The Hall–Kier alpha value is -2.45. The number of methoxy groups -OCH3 is 1. The van der Waals surface area contributed by atoms with E-state index >= 15 is 0 Å². The Morgan fingerprint density at radius 2 is 1.88 bits per heavy atom. The highest BCUT2D eigenvalue weighted by molar-refractivity contribution is 7.89. The largest absolute Gasteiger partial charge is 0.495 e. The van der Waals surface area contributed by atoms with Gasteiger partial charge in [0.05, 0.1) is 12.0 Å². The van der Waals surface area contributed by atoms with Crippen LogP contribution in [0.4, 0.5) is 5.69 Å². The molecule has 0 amide bonds. The van der Waals surface area contributed by atoms with Gasteiger partial charge in [0.15, 0.2) is 0 Å². The maximum Gasteiger partial charge on any atom is 0.271 e. The Bertz CT molecular complexity index is 865. The molecule has 0 aliphatic heterocycles. The van der Waals surface area contributed by atoms with Crippen LogP contribution in [0.15, 0.2) is 47.4 Å². The fraction of sp³-hybridized carbons (Fsp3) is 0.250. The smallest absolute Gasteiger partial charge is 0.271 e. The lowest BCUT2D eigenvalue weighted by Crippen LogP contribution is -2.27. The number of nitro groups is 1. The molecule has 0 heterocycles. The van der Waals surface area contributed by atoms with Crippen molar-refractivity contribution in [1.29, 1.82) is 0 Å². The quantitative estimate of drug-likeness (QED) is 0.590. The summed E-state index contributed by atoms with van der Waals surface area (Å²) in [6.07, 6.45) is 0. The summed E-state index contributed by atoms with van der Waals surface area (Å²) in [6, 6.07) is 10.9. The van der Waals surface area contributed by atoms with Gasteiger partial charge in [-0.2, -0.15) is 4.31 Å². The molecule has 0 unspecified atom stereocenters. The minimum Gasteiger partial charge on any atom is -0.495 e. The maximum atomic E-state index is 12.8. The Labute approximate surface area is 140 Å². The molecule has 0 fully saturated rings. The standard InChI is InChI=1S/C16H18N2O5S/c1-12-6-4-5-7-13(12)11-17(2)24(21,22)16-10-14(18(19)20)8-9-15(16)23-3/h4-10H,11H2,1-3H3. The molecule has 0 saturated heterocycles. The van der Waals surface area contributed by atoms with Crippen molar-refractivity contribution in [2.45, 2.75) is 18.4 Å². The molecule has 2 aromatic rings. The molecule has 2 rings (SSSR count). The van der Waals surface area contributed by atoms with E-state index in [9.17, 15) is 18.5 Å². The predicted molar refractivity (Wildman–Crippen MR) is 89.5 cm³/mol. The van der Waals surface area contributed by atoms with Gasteiger partial charge in [-0.3, -0.25) is 10.1 Å². The Kier molecular flexibility index (Phi) is 5.20. The number of nitrogens with zero attached hydrogens (tertiary/aromatic N) is 2. The molecule has 0 N–H and O–H groups in total. The average Bonchev–Trinajstić information content (AvgIpc) is 2.56. The van der Waals surface area contributed by atoms with E-state index in [0.717, 1.165) is 21.5 Å². The summed E-state index contributed by atoms with van der Waals surface area (Å²) in [7, 11) is -1.20. The van der Waals surface area contributed by atoms with E-state index in [1.54, 1.807) is 0 Å². The van der Waals surface area contributed by atoms with Gasteiger partial charge in [-0.05, 0) is 24.1 Å². The fourth-order valence-electron chi connectivity index (χ4n) is 2.26. The van der Waals surface area contributed by atoms with Crippen LogP contribution in [0, 0.1) is 17.0 Å². The summed E-state index contributed by atoms with van der Waals surface area (Å²) in [5.74, 6) is 0.0669. The van der Waals surface area contributed by atoms with Crippen LogP contribution >= 0.6 is 0 Å². The van der Waals surface area contributed by atoms with Crippen LogP contribution in [-0.2, 0) is 16.6 Å². The van der Waals surface area contributed by atoms with Gasteiger partial charge in [-0.15, -0.1) is 0 Å². The third kappa shape index (κ3) is 3.55. The van der Waals surface area contributed by atoms with E-state index < -0.39 is 14.9 Å². The molecule has 0 aromatic heterocycles. The van der Waals surface area contributed by atoms with Gasteiger partial charge in [-0.25, -0.2) is 8.42 Å². The van der Waals surface area contributed by atoms with E-state index in [4.69, 9.17) is 4.74 Å². The number of hydrogen-bond acceptors (Lipinski definition) is 5. The first kappa shape index (κ1) is 17.9. The first-order valence-electron chi connectivity index (χ1n) is 7.10. The van der Waals surface area contributed by atoms with E-state index in [1.165, 1.54) is 26.3 Å². The number of nitro benzene ring substituents is 1. The highest BCUT2D eigenvalue weighted by Gasteiger charge is 2.27. The first-order valence-corrected chi connectivity index (χ1v) is 8.54. The van der Waals surface area contributed by atoms with Crippen molar-refractivity contribution in [2.24, 2.45) is 0 Å².